The van der Waals surface area contributed by atoms with Gasteiger partial charge in [0, 0.05) is 26.3 Å². The van der Waals surface area contributed by atoms with Gasteiger partial charge in [0.25, 0.3) is 0 Å². The van der Waals surface area contributed by atoms with E-state index in [9.17, 15) is 9.59 Å². The van der Waals surface area contributed by atoms with Crippen molar-refractivity contribution in [1.82, 2.24) is 5.32 Å². The second-order valence-electron chi connectivity index (χ2n) is 3.94. The van der Waals surface area contributed by atoms with E-state index in [4.69, 9.17) is 0 Å². The van der Waals surface area contributed by atoms with E-state index >= 15 is 0 Å². The highest BCUT2D eigenvalue weighted by molar-refractivity contribution is 5.78. The molecule has 0 fully saturated rings. The lowest BCUT2D eigenvalue weighted by atomic mass is 10.1. The van der Waals surface area contributed by atoms with Crippen molar-refractivity contribution in [2.24, 2.45) is 0 Å². The Bertz CT molecular complexity index is 190. The van der Waals surface area contributed by atoms with Crippen LogP contribution in [0.5, 0.6) is 0 Å². The molecule has 1 N–H and O–H groups in total. The maximum atomic E-state index is 11.3. The second kappa shape index (κ2) is 9.69. The van der Waals surface area contributed by atoms with Crippen LogP contribution in [0.25, 0.3) is 0 Å². The molecule has 0 atom stereocenters. The van der Waals surface area contributed by atoms with Gasteiger partial charge in [-0.3, -0.25) is 9.59 Å². The molecule has 0 aromatic heterocycles. The summed E-state index contributed by atoms with van der Waals surface area (Å²) in [4.78, 5) is 21.9. The van der Waals surface area contributed by atoms with Crippen molar-refractivity contribution in [3.05, 3.63) is 0 Å². The number of unbranched alkanes of at least 4 members (excludes halogenated alkanes) is 3. The number of nitrogens with one attached hydrogen (secondary N) is 1. The van der Waals surface area contributed by atoms with E-state index in [-0.39, 0.29) is 5.91 Å². The Morgan fingerprint density at radius 2 is 1.67 bits per heavy atom. The van der Waals surface area contributed by atoms with Crippen molar-refractivity contribution >= 4 is 11.7 Å². The van der Waals surface area contributed by atoms with Crippen LogP contribution in [0.4, 0.5) is 0 Å². The van der Waals surface area contributed by atoms with Gasteiger partial charge in [-0.15, -0.1) is 0 Å². The summed E-state index contributed by atoms with van der Waals surface area (Å²) in [7, 11) is 0. The number of hydrogen-bond donors (Lipinski definition) is 1. The topological polar surface area (TPSA) is 46.2 Å². The molecule has 0 aromatic carbocycles. The average Bonchev–Trinajstić information content (AvgIpc) is 2.19. The lowest BCUT2D eigenvalue weighted by Gasteiger charge is -2.02. The normalized spacial score (nSPS) is 10.0. The van der Waals surface area contributed by atoms with Crippen molar-refractivity contribution in [3.63, 3.8) is 0 Å². The van der Waals surface area contributed by atoms with E-state index in [1.807, 2.05) is 0 Å². The van der Waals surface area contributed by atoms with Gasteiger partial charge < -0.3 is 5.32 Å². The second-order valence-corrected chi connectivity index (χ2v) is 3.94. The van der Waals surface area contributed by atoms with Crippen LogP contribution in [0, 0.1) is 0 Å². The molecule has 3 heteroatoms. The van der Waals surface area contributed by atoms with Gasteiger partial charge in [-0.1, -0.05) is 26.2 Å². The van der Waals surface area contributed by atoms with Crippen LogP contribution in [0.15, 0.2) is 0 Å². The maximum Gasteiger partial charge on any atom is 0.216 e. The molecule has 0 aliphatic rings. The molecule has 0 bridgehead atoms. The Morgan fingerprint density at radius 1 is 1.00 bits per heavy atom. The van der Waals surface area contributed by atoms with Crippen LogP contribution in [0.2, 0.25) is 0 Å². The minimum atomic E-state index is -0.0228. The highest BCUT2D eigenvalue weighted by Gasteiger charge is 2.01. The zero-order chi connectivity index (χ0) is 11.5. The zero-order valence-corrected chi connectivity index (χ0v) is 9.97. The van der Waals surface area contributed by atoms with Gasteiger partial charge >= 0.3 is 0 Å². The summed E-state index contributed by atoms with van der Waals surface area (Å²) in [6, 6.07) is 0. The average molecular weight is 213 g/mol. The van der Waals surface area contributed by atoms with Gasteiger partial charge in [0.15, 0.2) is 0 Å². The summed E-state index contributed by atoms with van der Waals surface area (Å²) in [5, 5.41) is 2.69. The fourth-order valence-electron chi connectivity index (χ4n) is 1.42. The number of hydrogen-bond acceptors (Lipinski definition) is 2. The summed E-state index contributed by atoms with van der Waals surface area (Å²) in [5.74, 6) is 0.307. The quantitative estimate of drug-likeness (QED) is 0.598. The number of carbonyl (C=O) groups is 2. The summed E-state index contributed by atoms with van der Waals surface area (Å²) in [6.07, 6.45) is 6.69. The molecule has 0 spiro atoms. The van der Waals surface area contributed by atoms with Crippen LogP contribution in [-0.4, -0.2) is 18.2 Å². The van der Waals surface area contributed by atoms with Gasteiger partial charge in [-0.2, -0.15) is 0 Å². The molecule has 88 valence electrons. The molecular formula is C12H23NO2. The largest absolute Gasteiger partial charge is 0.356 e. The third-order valence-electron chi connectivity index (χ3n) is 2.32. The van der Waals surface area contributed by atoms with E-state index in [1.54, 1.807) is 0 Å². The first-order valence-corrected chi connectivity index (χ1v) is 5.93. The lowest BCUT2D eigenvalue weighted by molar-refractivity contribution is -0.120. The van der Waals surface area contributed by atoms with E-state index < -0.39 is 0 Å². The van der Waals surface area contributed by atoms with Crippen LogP contribution in [0.1, 0.15) is 58.8 Å². The third kappa shape index (κ3) is 11.1. The summed E-state index contributed by atoms with van der Waals surface area (Å²) < 4.78 is 0. The van der Waals surface area contributed by atoms with Crippen molar-refractivity contribution in [3.8, 4) is 0 Å². The summed E-state index contributed by atoms with van der Waals surface area (Å²) in [6.45, 7) is 4.28. The number of carbonyl (C=O) groups excluding carboxylic acids is 2. The minimum Gasteiger partial charge on any atom is -0.356 e. The lowest BCUT2D eigenvalue weighted by Crippen LogP contribution is -2.21. The van der Waals surface area contributed by atoms with Crippen LogP contribution in [0.3, 0.4) is 0 Å². The zero-order valence-electron chi connectivity index (χ0n) is 9.97. The van der Waals surface area contributed by atoms with Gasteiger partial charge in [0.1, 0.15) is 5.78 Å². The fraction of sp³-hybridized carbons (Fsp3) is 0.833. The van der Waals surface area contributed by atoms with Crippen molar-refractivity contribution < 1.29 is 9.59 Å². The van der Waals surface area contributed by atoms with Gasteiger partial charge in [0.05, 0.1) is 0 Å². The molecule has 0 aromatic rings. The van der Waals surface area contributed by atoms with Gasteiger partial charge in [-0.05, 0) is 12.8 Å². The first-order chi connectivity index (χ1) is 7.16. The molecule has 0 saturated heterocycles. The Kier molecular flexibility index (Phi) is 9.13. The molecule has 0 rings (SSSR count). The molecular weight excluding hydrogens is 190 g/mol. The Labute approximate surface area is 92.6 Å². The SMILES string of the molecule is CCCCCCC(=O)CCCNC(C)=O. The predicted molar refractivity (Wildman–Crippen MR) is 61.7 cm³/mol. The highest BCUT2D eigenvalue weighted by atomic mass is 16.1. The van der Waals surface area contributed by atoms with E-state index in [0.29, 0.717) is 25.2 Å². The van der Waals surface area contributed by atoms with Gasteiger partial charge in [-0.25, -0.2) is 0 Å². The molecule has 0 aliphatic carbocycles. The monoisotopic (exact) mass is 213 g/mol. The van der Waals surface area contributed by atoms with E-state index in [1.165, 1.54) is 19.8 Å². The van der Waals surface area contributed by atoms with Crippen LogP contribution in [-0.2, 0) is 9.59 Å². The standard InChI is InChI=1S/C12H23NO2/c1-3-4-5-6-8-12(15)9-7-10-13-11(2)14/h3-10H2,1-2H3,(H,13,14). The first-order valence-electron chi connectivity index (χ1n) is 5.93. The number of rotatable bonds is 9. The molecule has 0 heterocycles. The third-order valence-corrected chi connectivity index (χ3v) is 2.32. The van der Waals surface area contributed by atoms with E-state index in [2.05, 4.69) is 12.2 Å². The first kappa shape index (κ1) is 14.1. The Balaban J connectivity index is 3.22. The van der Waals surface area contributed by atoms with Crippen molar-refractivity contribution in [2.45, 2.75) is 58.8 Å². The molecule has 15 heavy (non-hydrogen) atoms. The molecule has 0 unspecified atom stereocenters. The molecule has 0 aliphatic heterocycles. The van der Waals surface area contributed by atoms with E-state index in [0.717, 1.165) is 19.3 Å². The molecule has 0 radical (unpaired) electrons. The maximum absolute atomic E-state index is 11.3. The van der Waals surface area contributed by atoms with Crippen LogP contribution < -0.4 is 5.32 Å². The number of amides is 1. The minimum absolute atomic E-state index is 0.0228. The molecule has 0 saturated carbocycles. The van der Waals surface area contributed by atoms with Crippen molar-refractivity contribution in [2.75, 3.05) is 6.54 Å². The van der Waals surface area contributed by atoms with Gasteiger partial charge in [0.2, 0.25) is 5.91 Å². The Hall–Kier alpha value is -0.860. The number of ketones is 1. The smallest absolute Gasteiger partial charge is 0.216 e. The fourth-order valence-corrected chi connectivity index (χ4v) is 1.42. The van der Waals surface area contributed by atoms with Crippen molar-refractivity contribution in [1.29, 1.82) is 0 Å². The molecule has 1 amide bonds. The predicted octanol–water partition coefficient (Wildman–Crippen LogP) is 2.44. The van der Waals surface area contributed by atoms with Crippen LogP contribution >= 0.6 is 0 Å². The Morgan fingerprint density at radius 3 is 2.27 bits per heavy atom. The highest BCUT2D eigenvalue weighted by Crippen LogP contribution is 2.05. The summed E-state index contributed by atoms with van der Waals surface area (Å²) >= 11 is 0. The molecule has 3 nitrogen and oxygen atoms in total. The summed E-state index contributed by atoms with van der Waals surface area (Å²) in [5.41, 5.74) is 0. The number of Topliss-reactive ketones (excluding diaryl/α,β-unsaturated/α-hetero) is 1.